The first-order valence-corrected chi connectivity index (χ1v) is 17.7. The zero-order valence-electron chi connectivity index (χ0n) is 28.0. The number of carbonyl (C=O) groups excluding carboxylic acids is 7. The van der Waals surface area contributed by atoms with Gasteiger partial charge in [0.05, 0.1) is 9.61 Å². The van der Waals surface area contributed by atoms with Crippen LogP contribution in [0.5, 0.6) is 11.5 Å². The van der Waals surface area contributed by atoms with Gasteiger partial charge >= 0.3 is 6.03 Å². The highest BCUT2D eigenvalue weighted by molar-refractivity contribution is 14.1. The summed E-state index contributed by atoms with van der Waals surface area (Å²) < 4.78 is 0.468. The summed E-state index contributed by atoms with van der Waals surface area (Å²) >= 11 is 6.04. The molecule has 0 fully saturated rings. The van der Waals surface area contributed by atoms with Gasteiger partial charge in [-0.15, -0.1) is 0 Å². The van der Waals surface area contributed by atoms with Crippen molar-refractivity contribution in [2.75, 3.05) is 12.3 Å². The number of hydrogen-bond acceptors (Lipinski definition) is 11. The first kappa shape index (κ1) is 43.3. The predicted octanol–water partition coefficient (Wildman–Crippen LogP) is -2.12. The second-order valence-corrected chi connectivity index (χ2v) is 13.3. The second-order valence-electron chi connectivity index (χ2n) is 11.7. The lowest BCUT2D eigenvalue weighted by Crippen LogP contribution is -2.59. The van der Waals surface area contributed by atoms with E-state index in [0.29, 0.717) is 21.1 Å². The Kier molecular flexibility index (Phi) is 17.9. The summed E-state index contributed by atoms with van der Waals surface area (Å²) in [5.74, 6) is -5.19. The van der Waals surface area contributed by atoms with Gasteiger partial charge in [-0.25, -0.2) is 4.79 Å². The van der Waals surface area contributed by atoms with E-state index in [1.165, 1.54) is 36.4 Å². The minimum atomic E-state index is -1.44. The highest BCUT2D eigenvalue weighted by atomic mass is 127. The minimum absolute atomic E-state index is 0.00173. The maximum absolute atomic E-state index is 13.7. The Morgan fingerprint density at radius 1 is 0.712 bits per heavy atom. The summed E-state index contributed by atoms with van der Waals surface area (Å²) in [6.45, 7) is 0.162. The van der Waals surface area contributed by atoms with E-state index in [1.807, 2.05) is 22.6 Å². The standard InChI is InChI=1S/C32H44IN9O9S/c33-19-12-17(5-9-25(19)44)14-23(41-28(47)20(34)2-1-11-38-32(37)51)30(49)39-21(8-10-26(35)45)29(48)42-24(15-52)31(50)40-22(27(36)46)13-16-3-6-18(43)7-4-16/h3-7,9,12,20-24,43-44,52H,1-2,8,10-11,13-15,34H2,(H2,35,45)(H2,36,46)(H,39,49)(H,40,50)(H,41,47)(H,42,48)(H3,37,38,51)/t20-,21-,22-,23-,24-/m0/s1. The summed E-state index contributed by atoms with van der Waals surface area (Å²) in [6.07, 6.45) is -0.332. The van der Waals surface area contributed by atoms with Crippen LogP contribution >= 0.6 is 35.2 Å². The Bertz CT molecular complexity index is 1600. The van der Waals surface area contributed by atoms with E-state index in [-0.39, 0.29) is 55.9 Å². The van der Waals surface area contributed by atoms with E-state index in [4.69, 9.17) is 22.9 Å². The fourth-order valence-electron chi connectivity index (χ4n) is 4.72. The molecule has 0 saturated heterocycles. The molecule has 8 amide bonds. The molecule has 2 rings (SSSR count). The summed E-state index contributed by atoms with van der Waals surface area (Å²) in [5.41, 5.74) is 23.0. The lowest BCUT2D eigenvalue weighted by Gasteiger charge is -2.26. The average molecular weight is 858 g/mol. The predicted molar refractivity (Wildman–Crippen MR) is 200 cm³/mol. The summed E-state index contributed by atoms with van der Waals surface area (Å²) in [6, 6.07) is 3.30. The van der Waals surface area contributed by atoms with Crippen LogP contribution in [0.3, 0.4) is 0 Å². The summed E-state index contributed by atoms with van der Waals surface area (Å²) in [4.78, 5) is 88.2. The largest absolute Gasteiger partial charge is 0.508 e. The highest BCUT2D eigenvalue weighted by Crippen LogP contribution is 2.21. The van der Waals surface area contributed by atoms with E-state index >= 15 is 0 Å². The van der Waals surface area contributed by atoms with Crippen LogP contribution in [0.1, 0.15) is 36.8 Å². The molecule has 0 aromatic heterocycles. The Morgan fingerprint density at radius 3 is 1.83 bits per heavy atom. The molecule has 0 bridgehead atoms. The number of nitrogens with one attached hydrogen (secondary N) is 5. The Balaban J connectivity index is 2.25. The normalized spacial score (nSPS) is 13.7. The van der Waals surface area contributed by atoms with Gasteiger partial charge in [-0.05, 0) is 77.2 Å². The number of halogens is 1. The highest BCUT2D eigenvalue weighted by Gasteiger charge is 2.32. The molecule has 0 unspecified atom stereocenters. The molecule has 15 N–H and O–H groups in total. The maximum atomic E-state index is 13.7. The fraction of sp³-hybridized carbons (Fsp3) is 0.406. The number of aromatic hydroxyl groups is 2. The van der Waals surface area contributed by atoms with Crippen LogP contribution in [-0.2, 0) is 41.6 Å². The molecule has 2 aromatic rings. The number of hydrogen-bond donors (Lipinski definition) is 12. The molecule has 20 heteroatoms. The van der Waals surface area contributed by atoms with Gasteiger partial charge in [0.2, 0.25) is 35.4 Å². The van der Waals surface area contributed by atoms with Crippen molar-refractivity contribution in [1.82, 2.24) is 26.6 Å². The molecular formula is C32H44IN9O9S. The van der Waals surface area contributed by atoms with Crippen LogP contribution in [-0.4, -0.2) is 94.2 Å². The third-order valence-corrected chi connectivity index (χ3v) is 8.81. The SMILES string of the molecule is NC(=O)CC[C@H](NC(=O)[C@H](Cc1ccc(O)c(I)c1)NC(=O)[C@@H](N)CCCNC(N)=O)C(=O)N[C@@H](CS)C(=O)N[C@@H](Cc1ccc(O)cc1)C(N)=O. The van der Waals surface area contributed by atoms with Gasteiger partial charge in [-0.1, -0.05) is 18.2 Å². The van der Waals surface area contributed by atoms with Crippen molar-refractivity contribution >= 4 is 76.7 Å². The fourth-order valence-corrected chi connectivity index (χ4v) is 5.56. The quantitative estimate of drug-likeness (QED) is 0.0368. The van der Waals surface area contributed by atoms with E-state index in [9.17, 15) is 43.8 Å². The third kappa shape index (κ3) is 15.2. The number of primary amides is 3. The number of nitrogens with two attached hydrogens (primary N) is 4. The molecular weight excluding hydrogens is 813 g/mol. The molecule has 0 radical (unpaired) electrons. The van der Waals surface area contributed by atoms with Crippen LogP contribution in [0.25, 0.3) is 0 Å². The molecule has 0 heterocycles. The number of rotatable bonds is 21. The number of phenolic OH excluding ortho intramolecular Hbond substituents is 2. The van der Waals surface area contributed by atoms with Gasteiger partial charge in [0.15, 0.2) is 0 Å². The van der Waals surface area contributed by atoms with Gasteiger partial charge in [-0.3, -0.25) is 28.8 Å². The first-order chi connectivity index (χ1) is 24.5. The van der Waals surface area contributed by atoms with Crippen LogP contribution < -0.4 is 49.5 Å². The van der Waals surface area contributed by atoms with Gasteiger partial charge < -0.3 is 59.7 Å². The van der Waals surface area contributed by atoms with Crippen molar-refractivity contribution in [2.24, 2.45) is 22.9 Å². The van der Waals surface area contributed by atoms with E-state index in [2.05, 4.69) is 39.2 Å². The minimum Gasteiger partial charge on any atom is -0.508 e. The molecule has 0 saturated carbocycles. The van der Waals surface area contributed by atoms with Crippen LogP contribution in [0.15, 0.2) is 42.5 Å². The molecule has 0 spiro atoms. The molecule has 0 aliphatic carbocycles. The summed E-state index contributed by atoms with van der Waals surface area (Å²) in [7, 11) is 0. The van der Waals surface area contributed by atoms with Gasteiger partial charge in [-0.2, -0.15) is 12.6 Å². The molecule has 2 aromatic carbocycles. The van der Waals surface area contributed by atoms with Crippen LogP contribution in [0.4, 0.5) is 4.79 Å². The Morgan fingerprint density at radius 2 is 1.25 bits per heavy atom. The lowest BCUT2D eigenvalue weighted by molar-refractivity contribution is -0.134. The topological polar surface area (TPSA) is 324 Å². The number of thiol groups is 1. The first-order valence-electron chi connectivity index (χ1n) is 15.9. The van der Waals surface area contributed by atoms with Gasteiger partial charge in [0.1, 0.15) is 35.7 Å². The number of phenols is 2. The molecule has 52 heavy (non-hydrogen) atoms. The second kappa shape index (κ2) is 21.5. The maximum Gasteiger partial charge on any atom is 0.312 e. The van der Waals surface area contributed by atoms with Crippen molar-refractivity contribution < 1.29 is 43.8 Å². The molecule has 0 aliphatic rings. The molecule has 5 atom stereocenters. The smallest absolute Gasteiger partial charge is 0.312 e. The van der Waals surface area contributed by atoms with E-state index in [1.54, 1.807) is 6.07 Å². The van der Waals surface area contributed by atoms with Crippen LogP contribution in [0, 0.1) is 3.57 Å². The zero-order valence-corrected chi connectivity index (χ0v) is 31.0. The van der Waals surface area contributed by atoms with Crippen LogP contribution in [0.2, 0.25) is 0 Å². The van der Waals surface area contributed by atoms with E-state index in [0.717, 1.165) is 0 Å². The van der Waals surface area contributed by atoms with Gasteiger partial charge in [0, 0.05) is 31.6 Å². The van der Waals surface area contributed by atoms with E-state index < -0.39 is 71.7 Å². The summed E-state index contributed by atoms with van der Waals surface area (Å²) in [5, 5.41) is 31.9. The number of amides is 8. The van der Waals surface area contributed by atoms with Crippen molar-refractivity contribution in [1.29, 1.82) is 0 Å². The Labute approximate surface area is 318 Å². The molecule has 18 nitrogen and oxygen atoms in total. The average Bonchev–Trinajstić information content (AvgIpc) is 3.08. The number of benzene rings is 2. The number of carbonyl (C=O) groups is 7. The van der Waals surface area contributed by atoms with Crippen molar-refractivity contribution in [3.63, 3.8) is 0 Å². The number of urea groups is 1. The Hall–Kier alpha value is -4.83. The molecule has 0 aliphatic heterocycles. The van der Waals surface area contributed by atoms with Crippen molar-refractivity contribution in [2.45, 2.75) is 68.7 Å². The van der Waals surface area contributed by atoms with Gasteiger partial charge in [0.25, 0.3) is 0 Å². The van der Waals surface area contributed by atoms with Crippen molar-refractivity contribution in [3.8, 4) is 11.5 Å². The zero-order chi connectivity index (χ0) is 39.0. The van der Waals surface area contributed by atoms with Crippen molar-refractivity contribution in [3.05, 3.63) is 57.2 Å². The third-order valence-electron chi connectivity index (χ3n) is 7.58. The lowest BCUT2D eigenvalue weighted by atomic mass is 10.0. The molecule has 284 valence electrons. The monoisotopic (exact) mass is 857 g/mol.